The van der Waals surface area contributed by atoms with Crippen molar-refractivity contribution in [2.45, 2.75) is 88.9 Å². The van der Waals surface area contributed by atoms with Gasteiger partial charge in [-0.25, -0.2) is 9.78 Å². The second-order valence-electron chi connectivity index (χ2n) is 17.5. The van der Waals surface area contributed by atoms with E-state index in [2.05, 4.69) is 26.6 Å². The van der Waals surface area contributed by atoms with Gasteiger partial charge in [-0.3, -0.25) is 33.5 Å². The molecule has 5 aromatic rings. The Kier molecular flexibility index (Phi) is 10.3. The Balaban J connectivity index is 0.763. The van der Waals surface area contributed by atoms with E-state index in [4.69, 9.17) is 9.84 Å². The topological polar surface area (TPSA) is 145 Å². The highest BCUT2D eigenvalue weighted by Crippen LogP contribution is 2.54. The van der Waals surface area contributed by atoms with Gasteiger partial charge in [0, 0.05) is 37.7 Å². The zero-order valence-corrected chi connectivity index (χ0v) is 33.8. The van der Waals surface area contributed by atoms with Crippen molar-refractivity contribution in [1.82, 2.24) is 34.1 Å². The number of piperidine rings is 2. The standard InChI is InChI=1S/C44H49F3N8O5/c1-52-39-28(5-3-7-34(39)55(42(52)59)35-13-14-38(56)50-41(35)58)19-27-22-43(23-27)15-17-53(18-16-43)24-26-9-11-30(12-10-26)54-25-29-20-33(36(60-2)21-32(29)51-54)49-40(57)31-6-4-8-37(48-31)44(45,46)47/h3-8,20-21,25-27,30,35H,9-19,22-24H2,1-2H3,(H,49,57)(H,50,56,58). The van der Waals surface area contributed by atoms with Gasteiger partial charge < -0.3 is 15.0 Å². The SMILES string of the molecule is COc1cc2nn(C3CCC(CN4CCC5(CC4)CC(Cc4cccc6c4n(C)c(=O)n6C4CCC(=O)NC4=O)C5)CC3)cc2cc1NC(=O)c1cccc(C(F)(F)F)n1. The number of anilines is 1. The van der Waals surface area contributed by atoms with E-state index in [0.29, 0.717) is 40.6 Å². The van der Waals surface area contributed by atoms with Gasteiger partial charge in [-0.2, -0.15) is 18.3 Å². The van der Waals surface area contributed by atoms with Crippen LogP contribution < -0.4 is 21.1 Å². The minimum atomic E-state index is -4.66. The number of halogens is 3. The molecule has 2 N–H and O–H groups in total. The van der Waals surface area contributed by atoms with E-state index >= 15 is 0 Å². The molecule has 1 spiro atoms. The summed E-state index contributed by atoms with van der Waals surface area (Å²) in [7, 11) is 3.24. The van der Waals surface area contributed by atoms with Gasteiger partial charge in [-0.05, 0) is 124 Å². The summed E-state index contributed by atoms with van der Waals surface area (Å²) in [5.74, 6) is 0.0446. The lowest BCUT2D eigenvalue weighted by atomic mass is 9.56. The van der Waals surface area contributed by atoms with Crippen molar-refractivity contribution < 1.29 is 32.3 Å². The van der Waals surface area contributed by atoms with Crippen LogP contribution in [0.5, 0.6) is 5.75 Å². The molecule has 60 heavy (non-hydrogen) atoms. The minimum Gasteiger partial charge on any atom is -0.494 e. The van der Waals surface area contributed by atoms with E-state index in [1.807, 2.05) is 23.0 Å². The number of benzene rings is 2. The van der Waals surface area contributed by atoms with E-state index in [-0.39, 0.29) is 29.8 Å². The summed E-state index contributed by atoms with van der Waals surface area (Å²) in [6.45, 7) is 3.33. The summed E-state index contributed by atoms with van der Waals surface area (Å²) in [4.78, 5) is 56.9. The zero-order valence-electron chi connectivity index (χ0n) is 33.8. The highest BCUT2D eigenvalue weighted by Gasteiger charge is 2.46. The molecule has 2 aromatic carbocycles. The highest BCUT2D eigenvalue weighted by molar-refractivity contribution is 6.05. The van der Waals surface area contributed by atoms with Crippen molar-refractivity contribution in [3.05, 3.63) is 82.2 Å². The first-order valence-electron chi connectivity index (χ1n) is 20.9. The number of imidazole rings is 1. The van der Waals surface area contributed by atoms with Crippen molar-refractivity contribution in [2.75, 3.05) is 32.1 Å². The third-order valence-corrected chi connectivity index (χ3v) is 13.6. The first-order valence-corrected chi connectivity index (χ1v) is 20.9. The molecule has 316 valence electrons. The second kappa shape index (κ2) is 15.5. The number of para-hydroxylation sites is 1. The number of carbonyl (C=O) groups is 3. The largest absolute Gasteiger partial charge is 0.494 e. The fourth-order valence-electron chi connectivity index (χ4n) is 10.5. The summed E-state index contributed by atoms with van der Waals surface area (Å²) in [5.41, 5.74) is 2.47. The molecule has 2 aliphatic carbocycles. The molecule has 1 atom stereocenters. The number of aryl methyl sites for hydroxylation is 1. The van der Waals surface area contributed by atoms with Gasteiger partial charge in [0.25, 0.3) is 5.91 Å². The Morgan fingerprint density at radius 2 is 1.73 bits per heavy atom. The van der Waals surface area contributed by atoms with Crippen molar-refractivity contribution in [2.24, 2.45) is 24.3 Å². The molecule has 0 radical (unpaired) electrons. The number of pyridine rings is 1. The van der Waals surface area contributed by atoms with Gasteiger partial charge in [-0.1, -0.05) is 18.2 Å². The van der Waals surface area contributed by atoms with Crippen molar-refractivity contribution in [3.63, 3.8) is 0 Å². The molecule has 9 rings (SSSR count). The first kappa shape index (κ1) is 39.9. The molecule has 4 fully saturated rings. The number of nitrogens with one attached hydrogen (secondary N) is 2. The molecule has 5 heterocycles. The monoisotopic (exact) mass is 826 g/mol. The maximum atomic E-state index is 13.4. The number of fused-ring (bicyclic) bond motifs is 2. The molecule has 2 saturated heterocycles. The van der Waals surface area contributed by atoms with Crippen LogP contribution in [0.25, 0.3) is 21.9 Å². The number of aromatic nitrogens is 5. The number of likely N-dealkylation sites (tertiary alicyclic amines) is 1. The Labute approximate surface area is 344 Å². The number of methoxy groups -OCH3 is 1. The average Bonchev–Trinajstić information content (AvgIpc) is 3.75. The fourth-order valence-corrected chi connectivity index (χ4v) is 10.5. The van der Waals surface area contributed by atoms with E-state index < -0.39 is 29.7 Å². The van der Waals surface area contributed by atoms with Gasteiger partial charge in [0.1, 0.15) is 23.2 Å². The van der Waals surface area contributed by atoms with Crippen LogP contribution in [-0.2, 0) is 29.2 Å². The molecule has 2 aliphatic heterocycles. The molecular weight excluding hydrogens is 778 g/mol. The number of ether oxygens (including phenoxy) is 1. The molecule has 0 bridgehead atoms. The number of carbonyl (C=O) groups excluding carboxylic acids is 3. The molecule has 2 saturated carbocycles. The molecule has 4 aliphatic rings. The second-order valence-corrected chi connectivity index (χ2v) is 17.5. The third kappa shape index (κ3) is 7.58. The normalized spacial score (nSPS) is 22.6. The Hall–Kier alpha value is -5.51. The lowest BCUT2D eigenvalue weighted by Crippen LogP contribution is -2.48. The number of hydrogen-bond donors (Lipinski definition) is 2. The van der Waals surface area contributed by atoms with Gasteiger partial charge in [0.15, 0.2) is 0 Å². The van der Waals surface area contributed by atoms with Gasteiger partial charge >= 0.3 is 11.9 Å². The number of imide groups is 1. The molecule has 1 unspecified atom stereocenters. The third-order valence-electron chi connectivity index (χ3n) is 13.6. The lowest BCUT2D eigenvalue weighted by Gasteiger charge is -2.53. The quantitative estimate of drug-likeness (QED) is 0.154. The Bertz CT molecular complexity index is 2540. The van der Waals surface area contributed by atoms with Crippen LogP contribution in [-0.4, -0.2) is 73.3 Å². The number of amides is 3. The van der Waals surface area contributed by atoms with E-state index in [1.165, 1.54) is 38.9 Å². The number of rotatable bonds is 9. The molecule has 16 heteroatoms. The number of alkyl halides is 3. The molecule has 3 aromatic heterocycles. The Morgan fingerprint density at radius 3 is 2.45 bits per heavy atom. The average molecular weight is 827 g/mol. The predicted octanol–water partition coefficient (Wildman–Crippen LogP) is 6.81. The molecule has 13 nitrogen and oxygen atoms in total. The van der Waals surface area contributed by atoms with E-state index in [0.717, 1.165) is 85.9 Å². The van der Waals surface area contributed by atoms with Crippen molar-refractivity contribution in [3.8, 4) is 5.75 Å². The predicted molar refractivity (Wildman–Crippen MR) is 218 cm³/mol. The summed E-state index contributed by atoms with van der Waals surface area (Å²) in [6, 6.07) is 12.2. The van der Waals surface area contributed by atoms with Crippen molar-refractivity contribution in [1.29, 1.82) is 0 Å². The smallest absolute Gasteiger partial charge is 0.433 e. The zero-order chi connectivity index (χ0) is 41.9. The highest BCUT2D eigenvalue weighted by atomic mass is 19.4. The van der Waals surface area contributed by atoms with Crippen LogP contribution in [0.15, 0.2) is 59.5 Å². The van der Waals surface area contributed by atoms with Gasteiger partial charge in [-0.15, -0.1) is 0 Å². The molecular formula is C44H49F3N8O5. The number of hydrogen-bond acceptors (Lipinski definition) is 8. The summed E-state index contributed by atoms with van der Waals surface area (Å²) in [6.07, 6.45) is 7.77. The maximum Gasteiger partial charge on any atom is 0.433 e. The minimum absolute atomic E-state index is 0.219. The van der Waals surface area contributed by atoms with Crippen LogP contribution in [0.3, 0.4) is 0 Å². The summed E-state index contributed by atoms with van der Waals surface area (Å²) >= 11 is 0. The van der Waals surface area contributed by atoms with Crippen LogP contribution in [0.2, 0.25) is 0 Å². The van der Waals surface area contributed by atoms with Crippen molar-refractivity contribution >= 4 is 45.3 Å². The first-order chi connectivity index (χ1) is 28.8. The molecule has 3 amide bonds. The Morgan fingerprint density at radius 1 is 0.983 bits per heavy atom. The van der Waals surface area contributed by atoms with Crippen LogP contribution >= 0.6 is 0 Å². The summed E-state index contributed by atoms with van der Waals surface area (Å²) in [5, 5.41) is 10.7. The lowest BCUT2D eigenvalue weighted by molar-refractivity contribution is -0.141. The van der Waals surface area contributed by atoms with Crippen LogP contribution in [0.1, 0.15) is 98.0 Å². The van der Waals surface area contributed by atoms with E-state index in [1.54, 1.807) is 28.3 Å². The van der Waals surface area contributed by atoms with Gasteiger partial charge in [0.05, 0.1) is 35.4 Å². The fraction of sp³-hybridized carbons (Fsp3) is 0.500. The number of nitrogens with zero attached hydrogens (tertiary/aromatic N) is 6. The van der Waals surface area contributed by atoms with Crippen LogP contribution in [0.4, 0.5) is 18.9 Å². The summed E-state index contributed by atoms with van der Waals surface area (Å²) < 4.78 is 50.3. The van der Waals surface area contributed by atoms with Gasteiger partial charge in [0.2, 0.25) is 11.8 Å². The van der Waals surface area contributed by atoms with E-state index in [9.17, 15) is 32.3 Å². The maximum absolute atomic E-state index is 13.4. The van der Waals surface area contributed by atoms with Crippen LogP contribution in [0, 0.1) is 17.3 Å².